The molecule has 1 aromatic carbocycles. The Kier molecular flexibility index (Phi) is 5.03. The first-order valence-electron chi connectivity index (χ1n) is 9.22. The van der Waals surface area contributed by atoms with Gasteiger partial charge in [0, 0.05) is 11.5 Å². The van der Waals surface area contributed by atoms with Crippen molar-refractivity contribution in [1.82, 2.24) is 9.78 Å². The maximum atomic E-state index is 12.9. The molecule has 0 amide bonds. The van der Waals surface area contributed by atoms with E-state index in [1.807, 2.05) is 11.6 Å². The maximum Gasteiger partial charge on any atom is 0.271 e. The molecule has 27 heavy (non-hydrogen) atoms. The smallest absolute Gasteiger partial charge is 0.271 e. The first-order chi connectivity index (χ1) is 12.9. The normalized spacial score (nSPS) is 24.4. The molecular formula is C20H25N3O2S2. The molecule has 7 heteroatoms. The van der Waals surface area contributed by atoms with Crippen LogP contribution in [-0.2, 0) is 4.74 Å². The van der Waals surface area contributed by atoms with Crippen molar-refractivity contribution < 1.29 is 4.74 Å². The molecule has 2 aromatic rings. The minimum absolute atomic E-state index is 0.0220. The SMILES string of the molecule is CSc1ccc([C@H]2SC(C)=Nc3c2c(=O)[nH]n3[C@H]2CCOC(C)(C)C2)cc1. The molecule has 2 aliphatic rings. The van der Waals surface area contributed by atoms with E-state index in [1.165, 1.54) is 4.90 Å². The fraction of sp³-hybridized carbons (Fsp3) is 0.500. The Labute approximate surface area is 168 Å². The number of rotatable bonds is 3. The molecule has 0 aliphatic carbocycles. The van der Waals surface area contributed by atoms with Crippen molar-refractivity contribution in [3.05, 3.63) is 45.7 Å². The maximum absolute atomic E-state index is 12.9. The Hall–Kier alpha value is -1.44. The van der Waals surface area contributed by atoms with Crippen LogP contribution in [0.1, 0.15) is 56.0 Å². The van der Waals surface area contributed by atoms with Gasteiger partial charge in [-0.1, -0.05) is 23.9 Å². The summed E-state index contributed by atoms with van der Waals surface area (Å²) in [6.45, 7) is 6.93. The highest BCUT2D eigenvalue weighted by Crippen LogP contribution is 2.45. The number of hydrogen-bond acceptors (Lipinski definition) is 5. The van der Waals surface area contributed by atoms with Crippen LogP contribution in [0.4, 0.5) is 5.82 Å². The minimum atomic E-state index is -0.188. The molecule has 0 spiro atoms. The molecule has 4 rings (SSSR count). The van der Waals surface area contributed by atoms with Gasteiger partial charge in [0.05, 0.1) is 27.5 Å². The molecule has 1 aromatic heterocycles. The van der Waals surface area contributed by atoms with Crippen molar-refractivity contribution in [3.8, 4) is 0 Å². The number of fused-ring (bicyclic) bond motifs is 1. The van der Waals surface area contributed by atoms with Crippen molar-refractivity contribution in [2.45, 2.75) is 55.4 Å². The number of H-pyrrole nitrogens is 1. The van der Waals surface area contributed by atoms with Crippen LogP contribution in [0.15, 0.2) is 38.9 Å². The van der Waals surface area contributed by atoms with E-state index >= 15 is 0 Å². The summed E-state index contributed by atoms with van der Waals surface area (Å²) in [7, 11) is 0. The number of nitrogens with one attached hydrogen (secondary N) is 1. The van der Waals surface area contributed by atoms with E-state index in [-0.39, 0.29) is 22.5 Å². The van der Waals surface area contributed by atoms with E-state index in [2.05, 4.69) is 49.5 Å². The fourth-order valence-electron chi connectivity index (χ4n) is 3.91. The van der Waals surface area contributed by atoms with E-state index in [4.69, 9.17) is 9.73 Å². The summed E-state index contributed by atoms with van der Waals surface area (Å²) in [4.78, 5) is 18.9. The molecule has 144 valence electrons. The lowest BCUT2D eigenvalue weighted by Crippen LogP contribution is -2.35. The van der Waals surface area contributed by atoms with Crippen molar-refractivity contribution in [2.24, 2.45) is 4.99 Å². The summed E-state index contributed by atoms with van der Waals surface area (Å²) < 4.78 is 7.85. The largest absolute Gasteiger partial charge is 0.375 e. The number of nitrogens with zero attached hydrogens (tertiary/aromatic N) is 2. The molecule has 1 saturated heterocycles. The zero-order valence-corrected chi connectivity index (χ0v) is 17.7. The fourth-order valence-corrected chi connectivity index (χ4v) is 5.42. The van der Waals surface area contributed by atoms with Gasteiger partial charge in [-0.3, -0.25) is 14.6 Å². The number of thioether (sulfide) groups is 2. The van der Waals surface area contributed by atoms with Crippen LogP contribution < -0.4 is 5.56 Å². The van der Waals surface area contributed by atoms with Crippen molar-refractivity contribution in [1.29, 1.82) is 0 Å². The van der Waals surface area contributed by atoms with E-state index in [0.717, 1.165) is 34.8 Å². The van der Waals surface area contributed by atoms with Gasteiger partial charge in [0.25, 0.3) is 5.56 Å². The third-order valence-electron chi connectivity index (χ3n) is 5.20. The van der Waals surface area contributed by atoms with Crippen LogP contribution in [0.25, 0.3) is 0 Å². The Bertz CT molecular complexity index is 928. The van der Waals surface area contributed by atoms with Crippen LogP contribution >= 0.6 is 23.5 Å². The second-order valence-electron chi connectivity index (χ2n) is 7.70. The van der Waals surface area contributed by atoms with Crippen LogP contribution in [0, 0.1) is 0 Å². The highest BCUT2D eigenvalue weighted by atomic mass is 32.2. The zero-order chi connectivity index (χ0) is 19.2. The second-order valence-corrected chi connectivity index (χ2v) is 9.88. The van der Waals surface area contributed by atoms with Gasteiger partial charge in [0.15, 0.2) is 5.82 Å². The van der Waals surface area contributed by atoms with Crippen molar-refractivity contribution in [3.63, 3.8) is 0 Å². The van der Waals surface area contributed by atoms with Crippen LogP contribution in [-0.4, -0.2) is 33.3 Å². The molecule has 3 heterocycles. The monoisotopic (exact) mass is 403 g/mol. The molecule has 5 nitrogen and oxygen atoms in total. The number of benzene rings is 1. The summed E-state index contributed by atoms with van der Waals surface area (Å²) in [6.07, 6.45) is 3.81. The lowest BCUT2D eigenvalue weighted by atomic mass is 9.94. The standard InChI is InChI=1S/C20H25N3O2S2/c1-12-21-18-16(17(27-12)13-5-7-15(26-4)8-6-13)19(24)22-23(18)14-9-10-25-20(2,3)11-14/h5-8,14,17H,9-11H2,1-4H3,(H,22,24)/t14-,17+/m0/s1. The Morgan fingerprint density at radius 1 is 1.33 bits per heavy atom. The van der Waals surface area contributed by atoms with Gasteiger partial charge >= 0.3 is 0 Å². The van der Waals surface area contributed by atoms with Gasteiger partial charge in [0.1, 0.15) is 0 Å². The van der Waals surface area contributed by atoms with Crippen molar-refractivity contribution >= 4 is 34.4 Å². The quantitative estimate of drug-likeness (QED) is 0.740. The number of aromatic nitrogens is 2. The lowest BCUT2D eigenvalue weighted by molar-refractivity contribution is -0.0705. The average molecular weight is 404 g/mol. The third kappa shape index (κ3) is 3.65. The first kappa shape index (κ1) is 18.9. The summed E-state index contributed by atoms with van der Waals surface area (Å²) in [6, 6.07) is 8.69. The summed E-state index contributed by atoms with van der Waals surface area (Å²) >= 11 is 3.38. The molecule has 2 aliphatic heterocycles. The third-order valence-corrected chi connectivity index (χ3v) is 7.12. The predicted molar refractivity (Wildman–Crippen MR) is 114 cm³/mol. The van der Waals surface area contributed by atoms with Gasteiger partial charge in [-0.05, 0) is 57.6 Å². The summed E-state index contributed by atoms with van der Waals surface area (Å²) in [5.41, 5.74) is 1.69. The number of aliphatic imine (C=N–C) groups is 1. The van der Waals surface area contributed by atoms with E-state index in [9.17, 15) is 4.79 Å². The van der Waals surface area contributed by atoms with Crippen LogP contribution in [0.3, 0.4) is 0 Å². The summed E-state index contributed by atoms with van der Waals surface area (Å²) in [5.74, 6) is 0.790. The minimum Gasteiger partial charge on any atom is -0.375 e. The first-order valence-corrected chi connectivity index (χ1v) is 11.3. The molecule has 1 fully saturated rings. The van der Waals surface area contributed by atoms with Gasteiger partial charge in [0.2, 0.25) is 0 Å². The average Bonchev–Trinajstić information content (AvgIpc) is 2.97. The Balaban J connectivity index is 1.76. The molecule has 0 bridgehead atoms. The van der Waals surface area contributed by atoms with Gasteiger partial charge in [-0.15, -0.1) is 11.8 Å². The molecule has 0 radical (unpaired) electrons. The molecule has 0 unspecified atom stereocenters. The second kappa shape index (κ2) is 7.18. The predicted octanol–water partition coefficient (Wildman–Crippen LogP) is 4.91. The van der Waals surface area contributed by atoms with Gasteiger partial charge in [-0.2, -0.15) is 0 Å². The van der Waals surface area contributed by atoms with Crippen LogP contribution in [0.2, 0.25) is 0 Å². The molecular weight excluding hydrogens is 378 g/mol. The van der Waals surface area contributed by atoms with Crippen LogP contribution in [0.5, 0.6) is 0 Å². The topological polar surface area (TPSA) is 59.4 Å². The molecule has 1 N–H and O–H groups in total. The van der Waals surface area contributed by atoms with E-state index in [1.54, 1.807) is 23.5 Å². The molecule has 0 saturated carbocycles. The van der Waals surface area contributed by atoms with E-state index < -0.39 is 0 Å². The molecule has 2 atom stereocenters. The highest BCUT2D eigenvalue weighted by Gasteiger charge is 2.35. The number of hydrogen-bond donors (Lipinski definition) is 1. The number of aromatic amines is 1. The lowest BCUT2D eigenvalue weighted by Gasteiger charge is -2.36. The van der Waals surface area contributed by atoms with Crippen molar-refractivity contribution in [2.75, 3.05) is 12.9 Å². The van der Waals surface area contributed by atoms with Gasteiger partial charge < -0.3 is 4.74 Å². The Morgan fingerprint density at radius 3 is 2.74 bits per heavy atom. The van der Waals surface area contributed by atoms with Gasteiger partial charge in [-0.25, -0.2) is 4.99 Å². The highest BCUT2D eigenvalue weighted by molar-refractivity contribution is 8.14. The number of ether oxygens (including phenoxy) is 1. The van der Waals surface area contributed by atoms with E-state index in [0.29, 0.717) is 6.61 Å². The zero-order valence-electron chi connectivity index (χ0n) is 16.1. The Morgan fingerprint density at radius 2 is 2.07 bits per heavy atom. The summed E-state index contributed by atoms with van der Waals surface area (Å²) in [5, 5.41) is 4.05.